The van der Waals surface area contributed by atoms with Crippen LogP contribution in [0, 0.1) is 10.1 Å². The molecule has 7 heteroatoms. The zero-order valence-corrected chi connectivity index (χ0v) is 7.06. The van der Waals surface area contributed by atoms with Crippen LogP contribution in [0.3, 0.4) is 0 Å². The Hall–Kier alpha value is -2.15. The number of anilines is 1. The number of nitrogens with two attached hydrogens (primary N) is 1. The number of nitro groups is 1. The van der Waals surface area contributed by atoms with Gasteiger partial charge in [0.2, 0.25) is 0 Å². The molecule has 0 aliphatic carbocycles. The summed E-state index contributed by atoms with van der Waals surface area (Å²) in [6, 6.07) is 5.06. The minimum absolute atomic E-state index is 0.0976. The van der Waals surface area contributed by atoms with Gasteiger partial charge in [-0.3, -0.25) is 15.5 Å². The van der Waals surface area contributed by atoms with E-state index in [0.29, 0.717) is 0 Å². The molecule has 7 nitrogen and oxygen atoms in total. The van der Waals surface area contributed by atoms with E-state index in [9.17, 15) is 14.9 Å². The second kappa shape index (κ2) is 4.19. The lowest BCUT2D eigenvalue weighted by molar-refractivity contribution is -0.383. The number of hydrogen-bond acceptors (Lipinski definition) is 4. The number of carbonyl (C=O) groups excluding carboxylic acids is 1. The number of urea groups is 1. The molecule has 14 heavy (non-hydrogen) atoms. The van der Waals surface area contributed by atoms with Crippen LogP contribution >= 0.6 is 0 Å². The summed E-state index contributed by atoms with van der Waals surface area (Å²) in [4.78, 5) is 20.7. The van der Waals surface area contributed by atoms with Crippen LogP contribution in [-0.2, 0) is 0 Å². The van der Waals surface area contributed by atoms with Crippen molar-refractivity contribution in [1.29, 1.82) is 0 Å². The lowest BCUT2D eigenvalue weighted by atomic mass is 10.3. The lowest BCUT2D eigenvalue weighted by Gasteiger charge is -2.03. The monoisotopic (exact) mass is 196 g/mol. The number of hydrazine groups is 1. The average molecular weight is 196 g/mol. The van der Waals surface area contributed by atoms with Crippen LogP contribution in [0.4, 0.5) is 16.2 Å². The molecule has 1 aromatic rings. The van der Waals surface area contributed by atoms with Crippen LogP contribution in [0.1, 0.15) is 0 Å². The van der Waals surface area contributed by atoms with E-state index in [0.717, 1.165) is 0 Å². The van der Waals surface area contributed by atoms with Gasteiger partial charge in [-0.05, 0) is 6.07 Å². The molecule has 2 amide bonds. The number of rotatable bonds is 2. The molecule has 0 aliphatic heterocycles. The zero-order chi connectivity index (χ0) is 10.6. The number of para-hydroxylation sites is 2. The molecule has 0 saturated carbocycles. The van der Waals surface area contributed by atoms with Crippen LogP contribution in [0.2, 0.25) is 0 Å². The molecule has 0 bridgehead atoms. The normalized spacial score (nSPS) is 9.21. The molecular formula is C7H8N4O3. The smallest absolute Gasteiger partial charge is 0.301 e. The summed E-state index contributed by atoms with van der Waals surface area (Å²) in [6.07, 6.45) is 0. The van der Waals surface area contributed by atoms with Crippen molar-refractivity contribution in [3.63, 3.8) is 0 Å². The maximum atomic E-state index is 10.8. The van der Waals surface area contributed by atoms with Gasteiger partial charge in [-0.15, -0.1) is 0 Å². The van der Waals surface area contributed by atoms with E-state index in [2.05, 4.69) is 5.32 Å². The fourth-order valence-corrected chi connectivity index (χ4v) is 0.897. The van der Waals surface area contributed by atoms with Crippen molar-refractivity contribution in [1.82, 2.24) is 5.43 Å². The fourth-order valence-electron chi connectivity index (χ4n) is 0.897. The van der Waals surface area contributed by atoms with Gasteiger partial charge >= 0.3 is 6.03 Å². The lowest BCUT2D eigenvalue weighted by Crippen LogP contribution is -2.34. The molecule has 0 atom stereocenters. The van der Waals surface area contributed by atoms with Gasteiger partial charge < -0.3 is 5.32 Å². The number of carbonyl (C=O) groups is 1. The van der Waals surface area contributed by atoms with Crippen molar-refractivity contribution in [2.24, 2.45) is 5.84 Å². The number of amides is 2. The Morgan fingerprint density at radius 2 is 2.07 bits per heavy atom. The Bertz CT molecular complexity index is 366. The van der Waals surface area contributed by atoms with Crippen molar-refractivity contribution in [2.45, 2.75) is 0 Å². The number of nitrogens with one attached hydrogen (secondary N) is 2. The van der Waals surface area contributed by atoms with E-state index >= 15 is 0 Å². The van der Waals surface area contributed by atoms with Gasteiger partial charge in [0.05, 0.1) is 4.92 Å². The predicted molar refractivity (Wildman–Crippen MR) is 49.4 cm³/mol. The van der Waals surface area contributed by atoms with Gasteiger partial charge in [0, 0.05) is 6.07 Å². The molecule has 0 radical (unpaired) electrons. The van der Waals surface area contributed by atoms with Gasteiger partial charge in [0.1, 0.15) is 5.69 Å². The SMILES string of the molecule is NNC(=O)Nc1ccccc1[N+](=O)[O-]. The number of nitro benzene ring substituents is 1. The van der Waals surface area contributed by atoms with E-state index < -0.39 is 11.0 Å². The first-order chi connectivity index (χ1) is 6.65. The molecule has 0 saturated heterocycles. The van der Waals surface area contributed by atoms with Gasteiger partial charge in [0.15, 0.2) is 0 Å². The van der Waals surface area contributed by atoms with Crippen molar-refractivity contribution in [2.75, 3.05) is 5.32 Å². The standard InChI is InChI=1S/C7H8N4O3/c8-10-7(12)9-5-3-1-2-4-6(5)11(13)14/h1-4H,8H2,(H2,9,10,12). The first-order valence-electron chi connectivity index (χ1n) is 3.66. The Labute approximate surface area is 79.0 Å². The van der Waals surface area contributed by atoms with Gasteiger partial charge in [0.25, 0.3) is 5.69 Å². The third kappa shape index (κ3) is 2.17. The Morgan fingerprint density at radius 3 is 2.64 bits per heavy atom. The second-order valence-corrected chi connectivity index (χ2v) is 2.37. The molecule has 0 heterocycles. The van der Waals surface area contributed by atoms with Crippen molar-refractivity contribution < 1.29 is 9.72 Å². The maximum Gasteiger partial charge on any atom is 0.333 e. The number of hydrogen-bond donors (Lipinski definition) is 3. The minimum atomic E-state index is -0.709. The molecule has 1 aromatic carbocycles. The largest absolute Gasteiger partial charge is 0.333 e. The molecule has 0 fully saturated rings. The van der Waals surface area contributed by atoms with Crippen LogP contribution in [0.5, 0.6) is 0 Å². The van der Waals surface area contributed by atoms with Crippen LogP contribution in [0.25, 0.3) is 0 Å². The van der Waals surface area contributed by atoms with Crippen LogP contribution < -0.4 is 16.6 Å². The molecule has 0 unspecified atom stereocenters. The second-order valence-electron chi connectivity index (χ2n) is 2.37. The van der Waals surface area contributed by atoms with E-state index in [1.165, 1.54) is 18.2 Å². The summed E-state index contributed by atoms with van der Waals surface area (Å²) < 4.78 is 0. The Balaban J connectivity index is 2.95. The van der Waals surface area contributed by atoms with E-state index in [-0.39, 0.29) is 11.4 Å². The number of nitrogens with zero attached hydrogens (tertiary/aromatic N) is 1. The third-order valence-corrected chi connectivity index (χ3v) is 1.48. The van der Waals surface area contributed by atoms with E-state index in [1.807, 2.05) is 0 Å². The third-order valence-electron chi connectivity index (χ3n) is 1.48. The Kier molecular flexibility index (Phi) is 2.97. The van der Waals surface area contributed by atoms with Gasteiger partial charge in [-0.1, -0.05) is 12.1 Å². The fraction of sp³-hybridized carbons (Fsp3) is 0. The summed E-state index contributed by atoms with van der Waals surface area (Å²) in [5.74, 6) is 4.81. The highest BCUT2D eigenvalue weighted by Gasteiger charge is 2.13. The molecular weight excluding hydrogens is 188 g/mol. The van der Waals surface area contributed by atoms with Gasteiger partial charge in [-0.2, -0.15) is 0 Å². The first-order valence-corrected chi connectivity index (χ1v) is 3.66. The summed E-state index contributed by atoms with van der Waals surface area (Å²) in [5.41, 5.74) is 1.72. The highest BCUT2D eigenvalue weighted by molar-refractivity contribution is 5.91. The summed E-state index contributed by atoms with van der Waals surface area (Å²) >= 11 is 0. The highest BCUT2D eigenvalue weighted by Crippen LogP contribution is 2.22. The zero-order valence-electron chi connectivity index (χ0n) is 7.06. The van der Waals surface area contributed by atoms with Gasteiger partial charge in [-0.25, -0.2) is 10.6 Å². The van der Waals surface area contributed by atoms with Crippen molar-refractivity contribution in [3.05, 3.63) is 34.4 Å². The summed E-state index contributed by atoms with van der Waals surface area (Å²) in [6.45, 7) is 0. The maximum absolute atomic E-state index is 10.8. The molecule has 0 aromatic heterocycles. The van der Waals surface area contributed by atoms with Crippen molar-refractivity contribution >= 4 is 17.4 Å². The molecule has 1 rings (SSSR count). The predicted octanol–water partition coefficient (Wildman–Crippen LogP) is 0.590. The Morgan fingerprint density at radius 1 is 1.43 bits per heavy atom. The highest BCUT2D eigenvalue weighted by atomic mass is 16.6. The molecule has 0 spiro atoms. The number of benzene rings is 1. The first kappa shape index (κ1) is 9.93. The van der Waals surface area contributed by atoms with Crippen LogP contribution in [0.15, 0.2) is 24.3 Å². The topological polar surface area (TPSA) is 110 Å². The van der Waals surface area contributed by atoms with Crippen molar-refractivity contribution in [3.8, 4) is 0 Å². The minimum Gasteiger partial charge on any atom is -0.301 e. The molecule has 74 valence electrons. The van der Waals surface area contributed by atoms with E-state index in [4.69, 9.17) is 5.84 Å². The molecule has 4 N–H and O–H groups in total. The van der Waals surface area contributed by atoms with E-state index in [1.54, 1.807) is 11.5 Å². The summed E-state index contributed by atoms with van der Waals surface area (Å²) in [7, 11) is 0. The summed E-state index contributed by atoms with van der Waals surface area (Å²) in [5, 5.41) is 12.7. The van der Waals surface area contributed by atoms with Crippen LogP contribution in [-0.4, -0.2) is 11.0 Å². The quantitative estimate of drug-likeness (QED) is 0.278. The molecule has 0 aliphatic rings. The average Bonchev–Trinajstić information content (AvgIpc) is 2.18.